The lowest BCUT2D eigenvalue weighted by Crippen LogP contribution is -2.13. The molecule has 0 atom stereocenters. The summed E-state index contributed by atoms with van der Waals surface area (Å²) in [5, 5.41) is 4.71. The molecule has 19 heavy (non-hydrogen) atoms. The van der Waals surface area contributed by atoms with Crippen LogP contribution in [0.15, 0.2) is 34.9 Å². The van der Waals surface area contributed by atoms with Gasteiger partial charge in [0.15, 0.2) is 0 Å². The Hall–Kier alpha value is -1.29. The molecule has 1 aliphatic rings. The molecule has 0 unspecified atom stereocenters. The van der Waals surface area contributed by atoms with Crippen molar-refractivity contribution in [2.75, 3.05) is 5.73 Å². The normalized spacial score (nSPS) is 16.7. The Bertz CT molecular complexity index is 553. The largest absolute Gasteiger partial charge is 0.396 e. The molecule has 1 aromatic heterocycles. The number of halogens is 1. The van der Waals surface area contributed by atoms with Gasteiger partial charge in [-0.25, -0.2) is 0 Å². The molecule has 0 saturated heterocycles. The minimum atomic E-state index is 0.528. The molecular formula is C15H18BrN3. The van der Waals surface area contributed by atoms with Gasteiger partial charge in [0, 0.05) is 16.2 Å². The number of aromatic nitrogens is 2. The second-order valence-electron chi connectivity index (χ2n) is 5.21. The zero-order valence-electron chi connectivity index (χ0n) is 10.8. The summed E-state index contributed by atoms with van der Waals surface area (Å²) in [7, 11) is 0. The summed E-state index contributed by atoms with van der Waals surface area (Å²) in [4.78, 5) is 0. The van der Waals surface area contributed by atoms with E-state index in [0.717, 1.165) is 21.4 Å². The quantitative estimate of drug-likeness (QED) is 0.891. The molecule has 0 bridgehead atoms. The molecule has 3 nitrogen and oxygen atoms in total. The van der Waals surface area contributed by atoms with Crippen molar-refractivity contribution in [3.05, 3.63) is 34.9 Å². The molecule has 2 aromatic rings. The molecular weight excluding hydrogens is 302 g/mol. The molecule has 1 heterocycles. The van der Waals surface area contributed by atoms with Gasteiger partial charge in [-0.1, -0.05) is 47.3 Å². The number of rotatable bonds is 2. The van der Waals surface area contributed by atoms with Crippen molar-refractivity contribution in [2.45, 2.75) is 38.1 Å². The lowest BCUT2D eigenvalue weighted by atomic mass is 9.96. The Balaban J connectivity index is 1.90. The Labute approximate surface area is 121 Å². The lowest BCUT2D eigenvalue weighted by molar-refractivity contribution is 0.330. The molecule has 1 fully saturated rings. The van der Waals surface area contributed by atoms with Crippen LogP contribution in [0.25, 0.3) is 11.3 Å². The highest BCUT2D eigenvalue weighted by Crippen LogP contribution is 2.31. The van der Waals surface area contributed by atoms with E-state index in [0.29, 0.717) is 6.04 Å². The van der Waals surface area contributed by atoms with Gasteiger partial charge >= 0.3 is 0 Å². The number of hydrogen-bond acceptors (Lipinski definition) is 2. The van der Waals surface area contributed by atoms with E-state index in [2.05, 4.69) is 20.6 Å². The highest BCUT2D eigenvalue weighted by Gasteiger charge is 2.18. The minimum Gasteiger partial charge on any atom is -0.396 e. The van der Waals surface area contributed by atoms with Gasteiger partial charge in [-0.15, -0.1) is 0 Å². The number of nitrogens with zero attached hydrogens (tertiary/aromatic N) is 2. The predicted octanol–water partition coefficient (Wildman–Crippen LogP) is 4.40. The first-order valence-corrected chi connectivity index (χ1v) is 7.64. The molecule has 0 aliphatic heterocycles. The predicted molar refractivity (Wildman–Crippen MR) is 81.9 cm³/mol. The van der Waals surface area contributed by atoms with Crippen LogP contribution in [0.5, 0.6) is 0 Å². The average molecular weight is 320 g/mol. The minimum absolute atomic E-state index is 0.528. The van der Waals surface area contributed by atoms with E-state index in [1.807, 2.05) is 30.5 Å². The van der Waals surface area contributed by atoms with Gasteiger partial charge in [-0.3, -0.25) is 4.68 Å². The first-order chi connectivity index (χ1) is 9.24. The van der Waals surface area contributed by atoms with Crippen molar-refractivity contribution in [2.24, 2.45) is 0 Å². The maximum atomic E-state index is 6.12. The number of benzene rings is 1. The van der Waals surface area contributed by atoms with E-state index in [1.54, 1.807) is 0 Å². The molecule has 3 rings (SSSR count). The summed E-state index contributed by atoms with van der Waals surface area (Å²) in [6.07, 6.45) is 8.40. The third kappa shape index (κ3) is 2.68. The van der Waals surface area contributed by atoms with Gasteiger partial charge in [-0.2, -0.15) is 5.10 Å². The zero-order valence-corrected chi connectivity index (χ0v) is 12.4. The molecule has 0 amide bonds. The number of nitrogen functional groups attached to an aromatic ring is 1. The van der Waals surface area contributed by atoms with Crippen molar-refractivity contribution in [3.63, 3.8) is 0 Å². The van der Waals surface area contributed by atoms with E-state index in [4.69, 9.17) is 10.8 Å². The van der Waals surface area contributed by atoms with Crippen molar-refractivity contribution in [1.82, 2.24) is 9.78 Å². The zero-order chi connectivity index (χ0) is 13.2. The van der Waals surface area contributed by atoms with E-state index in [1.165, 1.54) is 32.1 Å². The van der Waals surface area contributed by atoms with Gasteiger partial charge in [-0.05, 0) is 25.0 Å². The summed E-state index contributed by atoms with van der Waals surface area (Å²) in [5.41, 5.74) is 8.87. The van der Waals surface area contributed by atoms with Crippen molar-refractivity contribution in [3.8, 4) is 11.3 Å². The van der Waals surface area contributed by atoms with Crippen LogP contribution in [-0.4, -0.2) is 9.78 Å². The van der Waals surface area contributed by atoms with E-state index >= 15 is 0 Å². The summed E-state index contributed by atoms with van der Waals surface area (Å²) in [6.45, 7) is 0. The van der Waals surface area contributed by atoms with Gasteiger partial charge in [0.2, 0.25) is 0 Å². The second kappa shape index (κ2) is 5.37. The fourth-order valence-electron chi connectivity index (χ4n) is 2.77. The molecule has 1 aromatic carbocycles. The van der Waals surface area contributed by atoms with Crippen LogP contribution >= 0.6 is 15.9 Å². The topological polar surface area (TPSA) is 43.8 Å². The monoisotopic (exact) mass is 319 g/mol. The molecule has 1 aliphatic carbocycles. The van der Waals surface area contributed by atoms with E-state index in [9.17, 15) is 0 Å². The lowest BCUT2D eigenvalue weighted by Gasteiger charge is -2.21. The number of anilines is 1. The third-order valence-electron chi connectivity index (χ3n) is 3.83. The highest BCUT2D eigenvalue weighted by molar-refractivity contribution is 9.10. The van der Waals surface area contributed by atoms with E-state index in [-0.39, 0.29) is 0 Å². The molecule has 1 saturated carbocycles. The first kappa shape index (κ1) is 12.7. The summed E-state index contributed by atoms with van der Waals surface area (Å²) in [6, 6.07) is 8.67. The van der Waals surface area contributed by atoms with Crippen LogP contribution in [-0.2, 0) is 0 Å². The van der Waals surface area contributed by atoms with Crippen LogP contribution in [0.1, 0.15) is 38.1 Å². The molecule has 2 N–H and O–H groups in total. The Morgan fingerprint density at radius 1 is 1.11 bits per heavy atom. The average Bonchev–Trinajstić information content (AvgIpc) is 2.83. The van der Waals surface area contributed by atoms with Gasteiger partial charge in [0.25, 0.3) is 0 Å². The maximum absolute atomic E-state index is 6.12. The van der Waals surface area contributed by atoms with Crippen LogP contribution in [0.2, 0.25) is 0 Å². The van der Waals surface area contributed by atoms with E-state index < -0.39 is 0 Å². The summed E-state index contributed by atoms with van der Waals surface area (Å²) >= 11 is 3.45. The number of nitrogens with two attached hydrogens (primary N) is 1. The summed E-state index contributed by atoms with van der Waals surface area (Å²) < 4.78 is 3.15. The van der Waals surface area contributed by atoms with Gasteiger partial charge < -0.3 is 5.73 Å². The third-order valence-corrected chi connectivity index (χ3v) is 4.36. The molecule has 4 heteroatoms. The van der Waals surface area contributed by atoms with Crippen molar-refractivity contribution >= 4 is 21.6 Å². The SMILES string of the molecule is Nc1cn(C2CCCCC2)nc1-c1ccc(Br)cc1. The first-order valence-electron chi connectivity index (χ1n) is 6.84. The van der Waals surface area contributed by atoms with Gasteiger partial charge in [0.05, 0.1) is 11.7 Å². The smallest absolute Gasteiger partial charge is 0.115 e. The van der Waals surface area contributed by atoms with Crippen LogP contribution in [0.4, 0.5) is 5.69 Å². The molecule has 0 spiro atoms. The van der Waals surface area contributed by atoms with Crippen molar-refractivity contribution in [1.29, 1.82) is 0 Å². The Kier molecular flexibility index (Phi) is 3.60. The van der Waals surface area contributed by atoms with Crippen LogP contribution in [0.3, 0.4) is 0 Å². The molecule has 100 valence electrons. The highest BCUT2D eigenvalue weighted by atomic mass is 79.9. The molecule has 0 radical (unpaired) electrons. The number of hydrogen-bond donors (Lipinski definition) is 1. The Morgan fingerprint density at radius 2 is 1.79 bits per heavy atom. The fourth-order valence-corrected chi connectivity index (χ4v) is 3.03. The fraction of sp³-hybridized carbons (Fsp3) is 0.400. The Morgan fingerprint density at radius 3 is 2.47 bits per heavy atom. The second-order valence-corrected chi connectivity index (χ2v) is 6.13. The summed E-state index contributed by atoms with van der Waals surface area (Å²) in [5.74, 6) is 0. The van der Waals surface area contributed by atoms with Crippen LogP contribution in [0, 0.1) is 0 Å². The van der Waals surface area contributed by atoms with Crippen LogP contribution < -0.4 is 5.73 Å². The van der Waals surface area contributed by atoms with Gasteiger partial charge in [0.1, 0.15) is 5.69 Å². The van der Waals surface area contributed by atoms with Crippen molar-refractivity contribution < 1.29 is 0 Å². The standard InChI is InChI=1S/C15H18BrN3/c16-12-8-6-11(7-9-12)15-14(17)10-19(18-15)13-4-2-1-3-5-13/h6-10,13H,1-5,17H2. The maximum Gasteiger partial charge on any atom is 0.115 e.